The van der Waals surface area contributed by atoms with Crippen LogP contribution in [0.15, 0.2) is 54.6 Å². The molecule has 0 heterocycles. The highest BCUT2D eigenvalue weighted by atomic mass is 35.5. The van der Waals surface area contributed by atoms with Crippen molar-refractivity contribution in [1.29, 1.82) is 0 Å². The number of benzene rings is 2. The maximum atomic E-state index is 12.3. The largest absolute Gasteiger partial charge is 0.492 e. The molecule has 1 atom stereocenters. The number of rotatable bonds is 7. The Balaban J connectivity index is 1.79. The Morgan fingerprint density at radius 3 is 2.65 bits per heavy atom. The molecule has 0 saturated carbocycles. The van der Waals surface area contributed by atoms with Crippen LogP contribution in [0.5, 0.6) is 5.75 Å². The first-order valence-corrected chi connectivity index (χ1v) is 7.88. The van der Waals surface area contributed by atoms with Crippen LogP contribution in [0.3, 0.4) is 0 Å². The van der Waals surface area contributed by atoms with Gasteiger partial charge in [0, 0.05) is 17.3 Å². The quantitative estimate of drug-likeness (QED) is 0.841. The van der Waals surface area contributed by atoms with Crippen molar-refractivity contribution in [3.05, 3.63) is 59.6 Å². The van der Waals surface area contributed by atoms with Crippen molar-refractivity contribution in [3.8, 4) is 5.75 Å². The number of hydrogen-bond donors (Lipinski definition) is 1. The Kier molecular flexibility index (Phi) is 6.44. The van der Waals surface area contributed by atoms with E-state index in [1.54, 1.807) is 18.2 Å². The second kappa shape index (κ2) is 8.56. The summed E-state index contributed by atoms with van der Waals surface area (Å²) in [6, 6.07) is 16.5. The second-order valence-corrected chi connectivity index (χ2v) is 5.75. The number of nitrogens with one attached hydrogen (secondary N) is 1. The Bertz CT molecular complexity index is 634. The molecule has 2 aromatic carbocycles. The topological polar surface area (TPSA) is 41.6 Å². The van der Waals surface area contributed by atoms with E-state index in [4.69, 9.17) is 16.3 Å². The maximum absolute atomic E-state index is 12.3. The molecule has 0 radical (unpaired) electrons. The summed E-state index contributed by atoms with van der Waals surface area (Å²) in [4.78, 5) is 14.2. The summed E-state index contributed by atoms with van der Waals surface area (Å²) in [5, 5.41) is 3.46. The van der Waals surface area contributed by atoms with Crippen LogP contribution in [0.1, 0.15) is 6.92 Å². The number of para-hydroxylation sites is 1. The average Bonchev–Trinajstić information content (AvgIpc) is 2.55. The molecule has 0 aromatic heterocycles. The lowest BCUT2D eigenvalue weighted by Gasteiger charge is -2.23. The molecule has 0 bridgehead atoms. The molecular formula is C18H21ClN2O2. The van der Waals surface area contributed by atoms with Gasteiger partial charge in [-0.05, 0) is 44.3 Å². The van der Waals surface area contributed by atoms with Crippen molar-refractivity contribution in [2.75, 3.05) is 25.5 Å². The fourth-order valence-electron chi connectivity index (χ4n) is 2.03. The molecule has 5 heteroatoms. The normalized spacial score (nSPS) is 12.0. The van der Waals surface area contributed by atoms with Gasteiger partial charge in [0.25, 0.3) is 0 Å². The lowest BCUT2D eigenvalue weighted by Crippen LogP contribution is -2.41. The van der Waals surface area contributed by atoms with Gasteiger partial charge in [0.2, 0.25) is 5.91 Å². The van der Waals surface area contributed by atoms with Crippen LogP contribution < -0.4 is 10.1 Å². The monoisotopic (exact) mass is 332 g/mol. The first-order chi connectivity index (χ1) is 11.1. The highest BCUT2D eigenvalue weighted by Crippen LogP contribution is 2.15. The highest BCUT2D eigenvalue weighted by molar-refractivity contribution is 6.30. The van der Waals surface area contributed by atoms with Crippen molar-refractivity contribution in [2.45, 2.75) is 13.0 Å². The van der Waals surface area contributed by atoms with E-state index in [-0.39, 0.29) is 11.9 Å². The van der Waals surface area contributed by atoms with Crippen LogP contribution in [0, 0.1) is 0 Å². The average molecular weight is 333 g/mol. The predicted molar refractivity (Wildman–Crippen MR) is 94.1 cm³/mol. The molecule has 2 rings (SSSR count). The Labute approximate surface area is 142 Å². The van der Waals surface area contributed by atoms with Gasteiger partial charge in [-0.15, -0.1) is 0 Å². The maximum Gasteiger partial charge on any atom is 0.241 e. The van der Waals surface area contributed by atoms with Gasteiger partial charge in [0.1, 0.15) is 12.4 Å². The van der Waals surface area contributed by atoms with E-state index in [0.717, 1.165) is 5.75 Å². The minimum atomic E-state index is -0.270. The Morgan fingerprint density at radius 2 is 1.96 bits per heavy atom. The zero-order valence-corrected chi connectivity index (χ0v) is 14.1. The van der Waals surface area contributed by atoms with Crippen LogP contribution in [0.4, 0.5) is 5.69 Å². The van der Waals surface area contributed by atoms with Crippen LogP contribution in [0.25, 0.3) is 0 Å². The highest BCUT2D eigenvalue weighted by Gasteiger charge is 2.18. The third kappa shape index (κ3) is 5.58. The molecule has 0 unspecified atom stereocenters. The molecule has 4 nitrogen and oxygen atoms in total. The fourth-order valence-corrected chi connectivity index (χ4v) is 2.22. The molecule has 0 spiro atoms. The molecule has 0 fully saturated rings. The van der Waals surface area contributed by atoms with E-state index in [0.29, 0.717) is 23.9 Å². The molecule has 1 amide bonds. The number of carbonyl (C=O) groups excluding carboxylic acids is 1. The zero-order valence-electron chi connectivity index (χ0n) is 13.3. The van der Waals surface area contributed by atoms with E-state index in [2.05, 4.69) is 5.32 Å². The first-order valence-electron chi connectivity index (χ1n) is 7.51. The smallest absolute Gasteiger partial charge is 0.241 e. The summed E-state index contributed by atoms with van der Waals surface area (Å²) in [6.07, 6.45) is 0. The standard InChI is InChI=1S/C18H21ClN2O2/c1-14(18(22)20-16-8-6-7-15(19)13-16)21(2)11-12-23-17-9-4-3-5-10-17/h3-10,13-14H,11-12H2,1-2H3,(H,20,22)/t14-/m0/s1. The molecule has 0 aliphatic heterocycles. The number of hydrogen-bond acceptors (Lipinski definition) is 3. The molecule has 23 heavy (non-hydrogen) atoms. The van der Waals surface area contributed by atoms with Gasteiger partial charge < -0.3 is 10.1 Å². The molecule has 122 valence electrons. The molecule has 1 N–H and O–H groups in total. The van der Waals surface area contributed by atoms with Crippen molar-refractivity contribution >= 4 is 23.2 Å². The lowest BCUT2D eigenvalue weighted by atomic mass is 10.2. The van der Waals surface area contributed by atoms with Crippen molar-refractivity contribution in [1.82, 2.24) is 4.90 Å². The summed E-state index contributed by atoms with van der Waals surface area (Å²) in [7, 11) is 1.90. The molecule has 0 aliphatic carbocycles. The van der Waals surface area contributed by atoms with Crippen molar-refractivity contribution < 1.29 is 9.53 Å². The number of ether oxygens (including phenoxy) is 1. The molecule has 2 aromatic rings. The van der Waals surface area contributed by atoms with Crippen LogP contribution in [-0.2, 0) is 4.79 Å². The summed E-state index contributed by atoms with van der Waals surface area (Å²) < 4.78 is 5.65. The van der Waals surface area contributed by atoms with Gasteiger partial charge in [-0.2, -0.15) is 0 Å². The van der Waals surface area contributed by atoms with E-state index < -0.39 is 0 Å². The summed E-state index contributed by atoms with van der Waals surface area (Å²) >= 11 is 5.92. The van der Waals surface area contributed by atoms with Crippen molar-refractivity contribution in [3.63, 3.8) is 0 Å². The Morgan fingerprint density at radius 1 is 1.22 bits per heavy atom. The lowest BCUT2D eigenvalue weighted by molar-refractivity contribution is -0.120. The number of halogens is 1. The number of anilines is 1. The van der Waals surface area contributed by atoms with Crippen LogP contribution >= 0.6 is 11.6 Å². The van der Waals surface area contributed by atoms with E-state index in [1.807, 2.05) is 55.3 Å². The van der Waals surface area contributed by atoms with Gasteiger partial charge in [0.15, 0.2) is 0 Å². The van der Waals surface area contributed by atoms with Gasteiger partial charge in [-0.3, -0.25) is 9.69 Å². The predicted octanol–water partition coefficient (Wildman–Crippen LogP) is 3.68. The SMILES string of the molecule is C[C@@H](C(=O)Nc1cccc(Cl)c1)N(C)CCOc1ccccc1. The van der Waals surface area contributed by atoms with Crippen LogP contribution in [-0.4, -0.2) is 37.0 Å². The zero-order chi connectivity index (χ0) is 16.7. The van der Waals surface area contributed by atoms with Crippen LogP contribution in [0.2, 0.25) is 5.02 Å². The second-order valence-electron chi connectivity index (χ2n) is 5.32. The summed E-state index contributed by atoms with van der Waals surface area (Å²) in [5.41, 5.74) is 0.697. The summed E-state index contributed by atoms with van der Waals surface area (Å²) in [5.74, 6) is 0.756. The van der Waals surface area contributed by atoms with Gasteiger partial charge in [0.05, 0.1) is 6.04 Å². The number of likely N-dealkylation sites (N-methyl/N-ethyl adjacent to an activating group) is 1. The minimum absolute atomic E-state index is 0.0746. The molecule has 0 saturated heterocycles. The summed E-state index contributed by atoms with van der Waals surface area (Å²) in [6.45, 7) is 3.04. The Hall–Kier alpha value is -2.04. The van der Waals surface area contributed by atoms with E-state index in [9.17, 15) is 4.79 Å². The number of nitrogens with zero attached hydrogens (tertiary/aromatic N) is 1. The number of amides is 1. The molecular weight excluding hydrogens is 312 g/mol. The minimum Gasteiger partial charge on any atom is -0.492 e. The third-order valence-corrected chi connectivity index (χ3v) is 3.82. The fraction of sp³-hybridized carbons (Fsp3) is 0.278. The van der Waals surface area contributed by atoms with Gasteiger partial charge in [-0.25, -0.2) is 0 Å². The third-order valence-electron chi connectivity index (χ3n) is 3.59. The van der Waals surface area contributed by atoms with Crippen molar-refractivity contribution in [2.24, 2.45) is 0 Å². The van der Waals surface area contributed by atoms with E-state index >= 15 is 0 Å². The first kappa shape index (κ1) is 17.3. The molecule has 0 aliphatic rings. The number of carbonyl (C=O) groups is 1. The van der Waals surface area contributed by atoms with Gasteiger partial charge in [-0.1, -0.05) is 35.9 Å². The van der Waals surface area contributed by atoms with E-state index in [1.165, 1.54) is 0 Å². The van der Waals surface area contributed by atoms with Gasteiger partial charge >= 0.3 is 0 Å².